The van der Waals surface area contributed by atoms with Crippen molar-refractivity contribution >= 4 is 40.7 Å². The summed E-state index contributed by atoms with van der Waals surface area (Å²) in [6.45, 7) is 17.9. The van der Waals surface area contributed by atoms with Crippen molar-refractivity contribution < 1.29 is 43.2 Å². The first kappa shape index (κ1) is 59.2. The van der Waals surface area contributed by atoms with Crippen molar-refractivity contribution in [1.82, 2.24) is 30.4 Å². The number of rotatable bonds is 24. The summed E-state index contributed by atoms with van der Waals surface area (Å²) in [4.78, 5) is 82.4. The Morgan fingerprint density at radius 2 is 1.62 bits per heavy atom. The molecule has 0 bridgehead atoms. The van der Waals surface area contributed by atoms with E-state index >= 15 is 0 Å². The van der Waals surface area contributed by atoms with E-state index in [0.717, 1.165) is 98.9 Å². The van der Waals surface area contributed by atoms with Crippen LogP contribution in [0.4, 0.5) is 5.69 Å². The number of amides is 4. The highest BCUT2D eigenvalue weighted by atomic mass is 32.1. The Balaban J connectivity index is 0.771. The number of thiazole rings is 1. The largest absolute Gasteiger partial charge is 0.494 e. The number of aromatic amines is 1. The van der Waals surface area contributed by atoms with Crippen molar-refractivity contribution in [3.8, 4) is 33.1 Å². The summed E-state index contributed by atoms with van der Waals surface area (Å²) in [5, 5.41) is 16.9. The number of ether oxygens (including phenoxy) is 4. The van der Waals surface area contributed by atoms with Gasteiger partial charge in [0.1, 0.15) is 30.2 Å². The van der Waals surface area contributed by atoms with Crippen molar-refractivity contribution in [2.75, 3.05) is 57.6 Å². The molecule has 6 aromatic rings. The summed E-state index contributed by atoms with van der Waals surface area (Å²) in [5.41, 5.74) is 12.0. The monoisotopic (exact) mass is 1140 g/mol. The van der Waals surface area contributed by atoms with E-state index < -0.39 is 24.1 Å². The summed E-state index contributed by atoms with van der Waals surface area (Å²) in [6.07, 6.45) is 2.53. The number of aryl methyl sites for hydroxylation is 3. The van der Waals surface area contributed by atoms with Crippen LogP contribution in [-0.2, 0) is 38.7 Å². The number of anilines is 1. The lowest BCUT2D eigenvalue weighted by atomic mass is 9.95. The number of H-pyrrole nitrogens is 1. The minimum Gasteiger partial charge on any atom is -0.494 e. The zero-order valence-electron chi connectivity index (χ0n) is 48.2. The van der Waals surface area contributed by atoms with Gasteiger partial charge in [0.2, 0.25) is 11.8 Å². The molecule has 4 amide bonds. The summed E-state index contributed by atoms with van der Waals surface area (Å²) in [7, 11) is 0. The zero-order valence-corrected chi connectivity index (χ0v) is 49.0. The third-order valence-electron chi connectivity index (χ3n) is 15.9. The number of likely N-dealkylation sites (tertiary alicyclic amines) is 1. The van der Waals surface area contributed by atoms with Crippen LogP contribution in [0.15, 0.2) is 95.2 Å². The predicted molar refractivity (Wildman–Crippen MR) is 317 cm³/mol. The van der Waals surface area contributed by atoms with E-state index in [1.165, 1.54) is 16.2 Å². The third kappa shape index (κ3) is 13.7. The number of nitrogens with one attached hydrogen (secondary N) is 3. The van der Waals surface area contributed by atoms with E-state index in [4.69, 9.17) is 18.9 Å². The minimum atomic E-state index is -0.919. The zero-order chi connectivity index (χ0) is 58.0. The molecule has 2 saturated heterocycles. The highest BCUT2D eigenvalue weighted by Crippen LogP contribution is 2.36. The van der Waals surface area contributed by atoms with Crippen molar-refractivity contribution in [3.63, 3.8) is 0 Å². The van der Waals surface area contributed by atoms with Gasteiger partial charge in [0.25, 0.3) is 17.4 Å². The lowest BCUT2D eigenvalue weighted by Crippen LogP contribution is -2.55. The standard InChI is InChI=1S/C64H77N7O10S/c1-8-69(49-21-25-79-26-22-49)55-31-48(30-53(42(55)6)60(73)66-35-54-40(4)29-41(5)68-61(54)74)44-17-19-51(20-18-44)80-24-12-11-23-78-27-28-81-57-32-45(59-43(7)67-38-82-59)15-16-46(57)34-65-62(75)56-33-50(72)37-70(56)64(77)58(39(2)3)71-36-47-13-9-10-14-52(47)63(71)76/h9-10,13-20,29-32,38-39,49-50,56,58,72H,8,11-12,21-28,33-37H2,1-7H3,(H,65,75)(H,66,73)(H,68,74)/t50-,56?,58?/m1/s1. The molecule has 2 unspecified atom stereocenters. The Morgan fingerprint density at radius 3 is 2.34 bits per heavy atom. The molecule has 2 fully saturated rings. The molecule has 2 aromatic heterocycles. The number of pyridine rings is 1. The fraction of sp³-hybridized carbons (Fsp3) is 0.438. The van der Waals surface area contributed by atoms with Crippen LogP contribution in [0.3, 0.4) is 0 Å². The van der Waals surface area contributed by atoms with Crippen LogP contribution in [-0.4, -0.2) is 125 Å². The summed E-state index contributed by atoms with van der Waals surface area (Å²) in [5.74, 6) is -0.138. The molecule has 17 nitrogen and oxygen atoms in total. The highest BCUT2D eigenvalue weighted by Gasteiger charge is 2.46. The molecule has 4 aromatic carbocycles. The molecule has 434 valence electrons. The van der Waals surface area contributed by atoms with Gasteiger partial charge < -0.3 is 54.4 Å². The SMILES string of the molecule is CCN(c1cc(-c2ccc(OCCCCOCCOc3cc(-c4scnc4C)ccc3CNC(=O)C3C[C@@H](O)CN3C(=O)C(C(C)C)N3Cc4ccccc4C3=O)cc2)cc(C(=O)NCc2c(C)cc(C)[nH]c2=O)c1C)C1CCOCC1. The van der Waals surface area contributed by atoms with Gasteiger partial charge in [-0.3, -0.25) is 24.0 Å². The van der Waals surface area contributed by atoms with Crippen LogP contribution in [0.1, 0.15) is 113 Å². The number of hydrogen-bond acceptors (Lipinski definition) is 13. The minimum absolute atomic E-state index is 0.00590. The van der Waals surface area contributed by atoms with E-state index in [0.29, 0.717) is 62.0 Å². The van der Waals surface area contributed by atoms with Gasteiger partial charge in [0, 0.05) is 98.6 Å². The van der Waals surface area contributed by atoms with Crippen LogP contribution < -0.4 is 30.6 Å². The number of hydrogen-bond donors (Lipinski definition) is 4. The van der Waals surface area contributed by atoms with Gasteiger partial charge in [-0.25, -0.2) is 4.98 Å². The maximum atomic E-state index is 14.3. The van der Waals surface area contributed by atoms with Crippen molar-refractivity contribution in [3.05, 3.63) is 151 Å². The van der Waals surface area contributed by atoms with E-state index in [9.17, 15) is 29.1 Å². The Labute approximate surface area is 484 Å². The first-order valence-corrected chi connectivity index (χ1v) is 29.6. The van der Waals surface area contributed by atoms with Crippen molar-refractivity contribution in [2.24, 2.45) is 5.92 Å². The molecule has 3 aliphatic heterocycles. The van der Waals surface area contributed by atoms with Gasteiger partial charge >= 0.3 is 0 Å². The molecular weight excluding hydrogens is 1060 g/mol. The Bertz CT molecular complexity index is 3300. The van der Waals surface area contributed by atoms with E-state index in [-0.39, 0.29) is 67.9 Å². The van der Waals surface area contributed by atoms with Gasteiger partial charge in [-0.15, -0.1) is 11.3 Å². The van der Waals surface area contributed by atoms with Crippen LogP contribution in [0.25, 0.3) is 21.6 Å². The maximum absolute atomic E-state index is 14.3. The van der Waals surface area contributed by atoms with Gasteiger partial charge in [-0.05, 0) is 142 Å². The summed E-state index contributed by atoms with van der Waals surface area (Å²) in [6, 6.07) is 25.7. The van der Waals surface area contributed by atoms with Gasteiger partial charge in [-0.1, -0.05) is 56.3 Å². The molecule has 9 rings (SSSR count). The average molecular weight is 1140 g/mol. The number of nitrogens with zero attached hydrogens (tertiary/aromatic N) is 4. The number of aliphatic hydroxyl groups excluding tert-OH is 1. The number of β-amino-alcohol motifs (C(OH)–C–C–N with tert-alkyl or cyclic N) is 1. The topological polar surface area (TPSA) is 205 Å². The van der Waals surface area contributed by atoms with Gasteiger partial charge in [0.15, 0.2) is 0 Å². The van der Waals surface area contributed by atoms with Gasteiger partial charge in [-0.2, -0.15) is 0 Å². The fourth-order valence-electron chi connectivity index (χ4n) is 11.6. The molecule has 4 N–H and O–H groups in total. The number of unbranched alkanes of at least 4 members (excludes halogenated alkanes) is 1. The van der Waals surface area contributed by atoms with Crippen LogP contribution in [0.2, 0.25) is 0 Å². The fourth-order valence-corrected chi connectivity index (χ4v) is 12.4. The molecule has 0 saturated carbocycles. The number of aromatic nitrogens is 2. The molecule has 0 radical (unpaired) electrons. The molecular formula is C64H77N7O10S. The Hall–Kier alpha value is -7.38. The Kier molecular flexibility index (Phi) is 19.6. The number of fused-ring (bicyclic) bond motifs is 1. The number of aliphatic hydroxyl groups is 1. The molecule has 82 heavy (non-hydrogen) atoms. The van der Waals surface area contributed by atoms with E-state index in [1.807, 2.05) is 114 Å². The predicted octanol–water partition coefficient (Wildman–Crippen LogP) is 8.85. The normalized spacial score (nSPS) is 16.6. The highest BCUT2D eigenvalue weighted by molar-refractivity contribution is 7.13. The summed E-state index contributed by atoms with van der Waals surface area (Å²) >= 11 is 1.53. The second-order valence-corrected chi connectivity index (χ2v) is 22.8. The number of benzene rings is 4. The van der Waals surface area contributed by atoms with Crippen LogP contribution >= 0.6 is 11.3 Å². The van der Waals surface area contributed by atoms with Crippen LogP contribution in [0.5, 0.6) is 11.5 Å². The van der Waals surface area contributed by atoms with E-state index in [1.54, 1.807) is 16.5 Å². The third-order valence-corrected chi connectivity index (χ3v) is 16.9. The second-order valence-electron chi connectivity index (χ2n) is 21.9. The molecule has 5 heterocycles. The first-order chi connectivity index (χ1) is 39.6. The Morgan fingerprint density at radius 1 is 0.866 bits per heavy atom. The molecule has 3 atom stereocenters. The number of carbonyl (C=O) groups is 4. The smallest absolute Gasteiger partial charge is 0.255 e. The number of carbonyl (C=O) groups excluding carboxylic acids is 4. The first-order valence-electron chi connectivity index (χ1n) is 28.7. The summed E-state index contributed by atoms with van der Waals surface area (Å²) < 4.78 is 24.2. The quantitative estimate of drug-likeness (QED) is 0.0420. The maximum Gasteiger partial charge on any atom is 0.255 e. The van der Waals surface area contributed by atoms with Crippen molar-refractivity contribution in [1.29, 1.82) is 0 Å². The molecule has 0 aliphatic carbocycles. The molecule has 18 heteroatoms. The second kappa shape index (κ2) is 27.1. The lowest BCUT2D eigenvalue weighted by molar-refractivity contribution is -0.143. The van der Waals surface area contributed by atoms with E-state index in [2.05, 4.69) is 38.5 Å². The molecule has 3 aliphatic rings. The van der Waals surface area contributed by atoms with Crippen molar-refractivity contribution in [2.45, 2.75) is 124 Å². The molecule has 0 spiro atoms. The average Bonchev–Trinajstić information content (AvgIpc) is 4.00. The van der Waals surface area contributed by atoms with Crippen LogP contribution in [0, 0.1) is 33.6 Å². The van der Waals surface area contributed by atoms with Gasteiger partial charge in [0.05, 0.1) is 35.4 Å². The lowest BCUT2D eigenvalue weighted by Gasteiger charge is -2.37.